The number of hydrogen-bond acceptors (Lipinski definition) is 6. The number of furan rings is 1. The van der Waals surface area contributed by atoms with Crippen LogP contribution in [0.1, 0.15) is 12.6 Å². The van der Waals surface area contributed by atoms with Crippen LogP contribution in [0.5, 0.6) is 0 Å². The van der Waals surface area contributed by atoms with E-state index in [2.05, 4.69) is 15.5 Å². The molecule has 4 aromatic rings. The van der Waals surface area contributed by atoms with E-state index in [0.29, 0.717) is 35.5 Å². The van der Waals surface area contributed by atoms with Gasteiger partial charge in [0.15, 0.2) is 5.76 Å². The van der Waals surface area contributed by atoms with Gasteiger partial charge in [0, 0.05) is 25.2 Å². The average Bonchev–Trinajstić information content (AvgIpc) is 3.34. The summed E-state index contributed by atoms with van der Waals surface area (Å²) in [6.07, 6.45) is 3.18. The summed E-state index contributed by atoms with van der Waals surface area (Å²) in [7, 11) is 0. The second-order valence-electron chi connectivity index (χ2n) is 6.16. The third-order valence-corrected chi connectivity index (χ3v) is 4.16. The van der Waals surface area contributed by atoms with Crippen molar-refractivity contribution in [3.8, 4) is 11.5 Å². The third kappa shape index (κ3) is 3.29. The number of benzene rings is 1. The predicted octanol–water partition coefficient (Wildman–Crippen LogP) is 2.82. The van der Waals surface area contributed by atoms with Gasteiger partial charge in [-0.15, -0.1) is 0 Å². The molecular weight excluding hydrogens is 332 g/mol. The van der Waals surface area contributed by atoms with E-state index in [0.717, 1.165) is 5.69 Å². The van der Waals surface area contributed by atoms with Crippen molar-refractivity contribution < 1.29 is 8.94 Å². The maximum absolute atomic E-state index is 12.5. The van der Waals surface area contributed by atoms with Gasteiger partial charge in [-0.1, -0.05) is 17.3 Å². The highest BCUT2D eigenvalue weighted by Crippen LogP contribution is 2.20. The molecule has 7 nitrogen and oxygen atoms in total. The van der Waals surface area contributed by atoms with Crippen molar-refractivity contribution in [1.82, 2.24) is 20.0 Å². The van der Waals surface area contributed by atoms with Crippen molar-refractivity contribution in [3.63, 3.8) is 0 Å². The van der Waals surface area contributed by atoms with Gasteiger partial charge < -0.3 is 14.3 Å². The lowest BCUT2D eigenvalue weighted by molar-refractivity contribution is 0.400. The van der Waals surface area contributed by atoms with Crippen LogP contribution >= 0.6 is 0 Å². The van der Waals surface area contributed by atoms with Gasteiger partial charge in [0.05, 0.1) is 29.2 Å². The maximum Gasteiger partial charge on any atom is 0.261 e. The minimum absolute atomic E-state index is 0.0363. The van der Waals surface area contributed by atoms with Gasteiger partial charge >= 0.3 is 0 Å². The van der Waals surface area contributed by atoms with Gasteiger partial charge in [-0.25, -0.2) is 4.98 Å². The normalized spacial score (nSPS) is 12.5. The first-order valence-electron chi connectivity index (χ1n) is 8.38. The number of fused-ring (bicyclic) bond motifs is 1. The Labute approximate surface area is 149 Å². The molecule has 3 aromatic heterocycles. The molecule has 0 aliphatic carbocycles. The summed E-state index contributed by atoms with van der Waals surface area (Å²) in [6.45, 7) is 3.05. The summed E-state index contributed by atoms with van der Waals surface area (Å²) in [5.74, 6) is 1.24. The maximum atomic E-state index is 12.5. The largest absolute Gasteiger partial charge is 0.461 e. The topological polar surface area (TPSA) is 86.1 Å². The van der Waals surface area contributed by atoms with E-state index in [4.69, 9.17) is 8.94 Å². The molecular formula is C19H18N4O3. The van der Waals surface area contributed by atoms with Crippen LogP contribution in [0.4, 0.5) is 0 Å². The lowest BCUT2D eigenvalue weighted by Gasteiger charge is -2.14. The fourth-order valence-electron chi connectivity index (χ4n) is 2.80. The lowest BCUT2D eigenvalue weighted by Crippen LogP contribution is -2.34. The van der Waals surface area contributed by atoms with Gasteiger partial charge in [-0.3, -0.25) is 9.36 Å². The summed E-state index contributed by atoms with van der Waals surface area (Å²) in [5.41, 5.74) is 1.44. The van der Waals surface area contributed by atoms with Crippen molar-refractivity contribution in [3.05, 3.63) is 71.1 Å². The zero-order chi connectivity index (χ0) is 17.9. The van der Waals surface area contributed by atoms with E-state index in [1.807, 2.05) is 37.3 Å². The van der Waals surface area contributed by atoms with Gasteiger partial charge in [0.1, 0.15) is 0 Å². The molecule has 0 amide bonds. The molecule has 0 aliphatic heterocycles. The highest BCUT2D eigenvalue weighted by atomic mass is 16.5. The minimum atomic E-state index is -0.0363. The monoisotopic (exact) mass is 350 g/mol. The Morgan fingerprint density at radius 1 is 1.19 bits per heavy atom. The number of rotatable bonds is 6. The van der Waals surface area contributed by atoms with Gasteiger partial charge in [0.2, 0.25) is 5.76 Å². The second kappa shape index (κ2) is 6.97. The van der Waals surface area contributed by atoms with E-state index in [1.165, 1.54) is 0 Å². The van der Waals surface area contributed by atoms with Crippen molar-refractivity contribution in [1.29, 1.82) is 0 Å². The highest BCUT2D eigenvalue weighted by Gasteiger charge is 2.11. The molecule has 0 aliphatic rings. The first-order valence-corrected chi connectivity index (χ1v) is 8.38. The van der Waals surface area contributed by atoms with E-state index in [1.54, 1.807) is 29.3 Å². The van der Waals surface area contributed by atoms with E-state index in [-0.39, 0.29) is 11.6 Å². The summed E-state index contributed by atoms with van der Waals surface area (Å²) < 4.78 is 12.2. The standard InChI is InChI=1S/C19H18N4O3/c1-13(11-23-12-21-16-6-3-2-5-15(16)19(23)24)20-10-14-9-18(26-22-14)17-7-4-8-25-17/h2-9,12-13,20H,10-11H2,1H3/t13-/m0/s1. The molecule has 7 heteroatoms. The molecule has 1 aromatic carbocycles. The SMILES string of the molecule is C[C@@H](Cn1cnc2ccccc2c1=O)NCc1cc(-c2ccco2)on1. The summed E-state index contributed by atoms with van der Waals surface area (Å²) in [5, 5.41) is 8.00. The molecule has 4 rings (SSSR count). The van der Waals surface area contributed by atoms with Crippen LogP contribution in [-0.2, 0) is 13.1 Å². The quantitative estimate of drug-likeness (QED) is 0.575. The first kappa shape index (κ1) is 16.3. The third-order valence-electron chi connectivity index (χ3n) is 4.16. The van der Waals surface area contributed by atoms with Crippen LogP contribution in [0.25, 0.3) is 22.4 Å². The molecule has 0 radical (unpaired) electrons. The Kier molecular flexibility index (Phi) is 4.37. The van der Waals surface area contributed by atoms with E-state index in [9.17, 15) is 4.79 Å². The Balaban J connectivity index is 1.41. The van der Waals surface area contributed by atoms with Crippen LogP contribution in [0.15, 0.2) is 68.8 Å². The van der Waals surface area contributed by atoms with E-state index >= 15 is 0 Å². The van der Waals surface area contributed by atoms with Crippen molar-refractivity contribution in [2.24, 2.45) is 0 Å². The Bertz CT molecular complexity index is 1070. The minimum Gasteiger partial charge on any atom is -0.461 e. The number of nitrogens with zero attached hydrogens (tertiary/aromatic N) is 3. The Hall–Kier alpha value is -3.19. The van der Waals surface area contributed by atoms with Crippen LogP contribution in [0.2, 0.25) is 0 Å². The fraction of sp³-hybridized carbons (Fsp3) is 0.211. The smallest absolute Gasteiger partial charge is 0.261 e. The zero-order valence-corrected chi connectivity index (χ0v) is 14.3. The molecule has 0 unspecified atom stereocenters. The van der Waals surface area contributed by atoms with Crippen molar-refractivity contribution >= 4 is 10.9 Å². The van der Waals surface area contributed by atoms with Crippen molar-refractivity contribution in [2.45, 2.75) is 26.1 Å². The number of para-hydroxylation sites is 1. The number of nitrogens with one attached hydrogen (secondary N) is 1. The van der Waals surface area contributed by atoms with E-state index < -0.39 is 0 Å². The van der Waals surface area contributed by atoms with Gasteiger partial charge in [0.25, 0.3) is 5.56 Å². The van der Waals surface area contributed by atoms with Crippen LogP contribution in [0, 0.1) is 0 Å². The van der Waals surface area contributed by atoms with Gasteiger partial charge in [-0.05, 0) is 31.2 Å². The predicted molar refractivity (Wildman–Crippen MR) is 96.5 cm³/mol. The molecule has 1 N–H and O–H groups in total. The molecule has 26 heavy (non-hydrogen) atoms. The zero-order valence-electron chi connectivity index (χ0n) is 14.3. The Morgan fingerprint density at radius 3 is 2.92 bits per heavy atom. The molecule has 0 spiro atoms. The molecule has 0 saturated heterocycles. The fourth-order valence-corrected chi connectivity index (χ4v) is 2.80. The summed E-state index contributed by atoms with van der Waals surface area (Å²) in [4.78, 5) is 16.9. The molecule has 0 bridgehead atoms. The number of aromatic nitrogens is 3. The van der Waals surface area contributed by atoms with Crippen LogP contribution in [-0.4, -0.2) is 20.7 Å². The molecule has 1 atom stereocenters. The van der Waals surface area contributed by atoms with Crippen molar-refractivity contribution in [2.75, 3.05) is 0 Å². The molecule has 3 heterocycles. The van der Waals surface area contributed by atoms with Crippen LogP contribution in [0.3, 0.4) is 0 Å². The molecule has 0 saturated carbocycles. The molecule has 0 fully saturated rings. The first-order chi connectivity index (χ1) is 12.7. The average molecular weight is 350 g/mol. The lowest BCUT2D eigenvalue weighted by atomic mass is 10.2. The number of hydrogen-bond donors (Lipinski definition) is 1. The Morgan fingerprint density at radius 2 is 2.08 bits per heavy atom. The second-order valence-corrected chi connectivity index (χ2v) is 6.16. The summed E-state index contributed by atoms with van der Waals surface area (Å²) >= 11 is 0. The molecule has 132 valence electrons. The van der Waals surface area contributed by atoms with Crippen LogP contribution < -0.4 is 10.9 Å². The highest BCUT2D eigenvalue weighted by molar-refractivity contribution is 5.76. The summed E-state index contributed by atoms with van der Waals surface area (Å²) in [6, 6.07) is 12.9. The van der Waals surface area contributed by atoms with Gasteiger partial charge in [-0.2, -0.15) is 0 Å².